The molecule has 23 heavy (non-hydrogen) atoms. The van der Waals surface area contributed by atoms with Gasteiger partial charge in [0.05, 0.1) is 24.6 Å². The van der Waals surface area contributed by atoms with Gasteiger partial charge in [-0.15, -0.1) is 0 Å². The van der Waals surface area contributed by atoms with E-state index in [1.165, 1.54) is 6.07 Å². The van der Waals surface area contributed by atoms with Gasteiger partial charge in [-0.3, -0.25) is 14.6 Å². The van der Waals surface area contributed by atoms with Crippen molar-refractivity contribution in [2.45, 2.75) is 32.7 Å². The molecule has 0 radical (unpaired) electrons. The summed E-state index contributed by atoms with van der Waals surface area (Å²) in [5, 5.41) is 3.06. The number of aromatic amines is 1. The molecule has 0 amide bonds. The molecule has 124 valence electrons. The third-order valence-corrected chi connectivity index (χ3v) is 3.34. The molecule has 0 aliphatic heterocycles. The van der Waals surface area contributed by atoms with Crippen LogP contribution in [0.3, 0.4) is 0 Å². The van der Waals surface area contributed by atoms with Crippen LogP contribution in [0.5, 0.6) is 0 Å². The van der Waals surface area contributed by atoms with Gasteiger partial charge in [0.15, 0.2) is 11.4 Å². The number of nitrogens with one attached hydrogen (secondary N) is 2. The van der Waals surface area contributed by atoms with E-state index in [4.69, 9.17) is 9.15 Å². The van der Waals surface area contributed by atoms with Gasteiger partial charge in [0.1, 0.15) is 0 Å². The highest BCUT2D eigenvalue weighted by atomic mass is 16.5. The van der Waals surface area contributed by atoms with Crippen molar-refractivity contribution in [2.24, 2.45) is 0 Å². The van der Waals surface area contributed by atoms with Crippen LogP contribution in [0.1, 0.15) is 37.0 Å². The highest BCUT2D eigenvalue weighted by Gasteiger charge is 2.23. The average Bonchev–Trinajstić information content (AvgIpc) is 2.90. The summed E-state index contributed by atoms with van der Waals surface area (Å²) in [7, 11) is 0. The second-order valence-corrected chi connectivity index (χ2v) is 5.11. The lowest BCUT2D eigenvalue weighted by Crippen LogP contribution is -2.39. The van der Waals surface area contributed by atoms with Gasteiger partial charge in [-0.2, -0.15) is 0 Å². The van der Waals surface area contributed by atoms with E-state index in [2.05, 4.69) is 10.3 Å². The molecule has 0 saturated carbocycles. The summed E-state index contributed by atoms with van der Waals surface area (Å²) in [4.78, 5) is 38.0. The van der Waals surface area contributed by atoms with Crippen LogP contribution in [0.15, 0.2) is 27.4 Å². The van der Waals surface area contributed by atoms with E-state index in [1.807, 2.05) is 6.92 Å². The first-order valence-electron chi connectivity index (χ1n) is 7.61. The second kappa shape index (κ2) is 7.73. The first-order chi connectivity index (χ1) is 11.0. The Morgan fingerprint density at radius 3 is 2.83 bits per heavy atom. The maximum absolute atomic E-state index is 12.6. The Labute approximate surface area is 133 Å². The van der Waals surface area contributed by atoms with Crippen molar-refractivity contribution in [1.82, 2.24) is 10.3 Å². The molecule has 1 unspecified atom stereocenters. The largest absolute Gasteiger partial charge is 0.466 e. The van der Waals surface area contributed by atoms with Crippen LogP contribution >= 0.6 is 0 Å². The number of ether oxygens (including phenoxy) is 1. The van der Waals surface area contributed by atoms with Gasteiger partial charge in [0.2, 0.25) is 0 Å². The Morgan fingerprint density at radius 2 is 2.13 bits per heavy atom. The molecule has 2 aromatic rings. The summed E-state index contributed by atoms with van der Waals surface area (Å²) in [5.41, 5.74) is 1.21. The van der Waals surface area contributed by atoms with Crippen LogP contribution < -0.4 is 11.1 Å². The molecular formula is C16H20N2O5. The van der Waals surface area contributed by atoms with Gasteiger partial charge >= 0.3 is 11.7 Å². The Hall–Kier alpha value is -2.41. The summed E-state index contributed by atoms with van der Waals surface area (Å²) in [6.45, 7) is 4.57. The zero-order valence-electron chi connectivity index (χ0n) is 13.2. The molecule has 1 heterocycles. The van der Waals surface area contributed by atoms with Crippen molar-refractivity contribution in [3.05, 3.63) is 34.3 Å². The lowest BCUT2D eigenvalue weighted by atomic mass is 10.0. The van der Waals surface area contributed by atoms with Crippen molar-refractivity contribution in [3.8, 4) is 0 Å². The van der Waals surface area contributed by atoms with Crippen molar-refractivity contribution in [2.75, 3.05) is 13.2 Å². The summed E-state index contributed by atoms with van der Waals surface area (Å²) >= 11 is 0. The number of oxazole rings is 1. The smallest absolute Gasteiger partial charge is 0.417 e. The zero-order chi connectivity index (χ0) is 16.8. The molecule has 0 saturated heterocycles. The van der Waals surface area contributed by atoms with Crippen molar-refractivity contribution >= 4 is 22.9 Å². The van der Waals surface area contributed by atoms with Crippen molar-refractivity contribution in [3.63, 3.8) is 0 Å². The first kappa shape index (κ1) is 17.0. The van der Waals surface area contributed by atoms with Crippen LogP contribution in [0, 0.1) is 0 Å². The number of carbonyl (C=O) groups excluding carboxylic acids is 2. The van der Waals surface area contributed by atoms with Crippen LogP contribution in [0.4, 0.5) is 0 Å². The number of esters is 1. The van der Waals surface area contributed by atoms with Gasteiger partial charge < -0.3 is 14.5 Å². The van der Waals surface area contributed by atoms with Crippen molar-refractivity contribution < 1.29 is 18.7 Å². The quantitative estimate of drug-likeness (QED) is 0.566. The SMILES string of the molecule is CCCNC(CC(=O)OCC)C(=O)c1ccc2[nH]c(=O)oc2c1. The molecular weight excluding hydrogens is 300 g/mol. The predicted molar refractivity (Wildman–Crippen MR) is 84.5 cm³/mol. The monoisotopic (exact) mass is 320 g/mol. The fourth-order valence-corrected chi connectivity index (χ4v) is 2.26. The van der Waals surface area contributed by atoms with Crippen LogP contribution in [0.2, 0.25) is 0 Å². The number of hydrogen-bond donors (Lipinski definition) is 2. The molecule has 0 aliphatic carbocycles. The second-order valence-electron chi connectivity index (χ2n) is 5.11. The molecule has 1 aromatic heterocycles. The van der Waals surface area contributed by atoms with E-state index in [9.17, 15) is 14.4 Å². The lowest BCUT2D eigenvalue weighted by Gasteiger charge is -2.16. The number of Topliss-reactive ketones (excluding diaryl/α,β-unsaturated/α-hetero) is 1. The fourth-order valence-electron chi connectivity index (χ4n) is 2.26. The van der Waals surface area contributed by atoms with E-state index in [0.29, 0.717) is 23.2 Å². The number of hydrogen-bond acceptors (Lipinski definition) is 6. The van der Waals surface area contributed by atoms with E-state index < -0.39 is 17.8 Å². The molecule has 0 fully saturated rings. The number of benzene rings is 1. The molecule has 0 spiro atoms. The molecule has 0 bridgehead atoms. The number of fused-ring (bicyclic) bond motifs is 1. The number of aromatic nitrogens is 1. The molecule has 1 atom stereocenters. The molecule has 2 N–H and O–H groups in total. The summed E-state index contributed by atoms with van der Waals surface area (Å²) < 4.78 is 9.88. The Morgan fingerprint density at radius 1 is 1.35 bits per heavy atom. The van der Waals surface area contributed by atoms with Crippen LogP contribution in [-0.2, 0) is 9.53 Å². The molecule has 2 rings (SSSR count). The van der Waals surface area contributed by atoms with Gasteiger partial charge in [0.25, 0.3) is 0 Å². The predicted octanol–water partition coefficient (Wildman–Crippen LogP) is 1.63. The Bertz CT molecular complexity index is 746. The normalized spacial score (nSPS) is 12.3. The third-order valence-electron chi connectivity index (χ3n) is 3.34. The minimum Gasteiger partial charge on any atom is -0.466 e. The Balaban J connectivity index is 2.22. The van der Waals surface area contributed by atoms with Gasteiger partial charge in [-0.05, 0) is 38.1 Å². The van der Waals surface area contributed by atoms with Crippen LogP contribution in [-0.4, -0.2) is 35.9 Å². The molecule has 1 aromatic carbocycles. The maximum Gasteiger partial charge on any atom is 0.417 e. The number of carbonyl (C=O) groups is 2. The number of H-pyrrole nitrogens is 1. The Kier molecular flexibility index (Phi) is 5.70. The topological polar surface area (TPSA) is 101 Å². The minimum atomic E-state index is -0.669. The number of rotatable bonds is 8. The van der Waals surface area contributed by atoms with Crippen molar-refractivity contribution in [1.29, 1.82) is 0 Å². The summed E-state index contributed by atoms with van der Waals surface area (Å²) in [6, 6.07) is 4.04. The zero-order valence-corrected chi connectivity index (χ0v) is 13.2. The highest BCUT2D eigenvalue weighted by molar-refractivity contribution is 6.03. The summed E-state index contributed by atoms with van der Waals surface area (Å²) in [6.07, 6.45) is 0.792. The maximum atomic E-state index is 12.6. The van der Waals surface area contributed by atoms with E-state index in [0.717, 1.165) is 6.42 Å². The van der Waals surface area contributed by atoms with E-state index in [-0.39, 0.29) is 18.8 Å². The first-order valence-corrected chi connectivity index (χ1v) is 7.61. The van der Waals surface area contributed by atoms with E-state index in [1.54, 1.807) is 19.1 Å². The molecule has 0 aliphatic rings. The molecule has 7 nitrogen and oxygen atoms in total. The summed E-state index contributed by atoms with van der Waals surface area (Å²) in [5.74, 6) is -1.24. The lowest BCUT2D eigenvalue weighted by molar-refractivity contribution is -0.143. The van der Waals surface area contributed by atoms with E-state index >= 15 is 0 Å². The highest BCUT2D eigenvalue weighted by Crippen LogP contribution is 2.15. The van der Waals surface area contributed by atoms with Gasteiger partial charge in [0, 0.05) is 5.56 Å². The fraction of sp³-hybridized carbons (Fsp3) is 0.438. The third kappa shape index (κ3) is 4.29. The number of ketones is 1. The van der Waals surface area contributed by atoms with Gasteiger partial charge in [-0.1, -0.05) is 6.92 Å². The minimum absolute atomic E-state index is 0.0399. The van der Waals surface area contributed by atoms with Gasteiger partial charge in [-0.25, -0.2) is 4.79 Å². The average molecular weight is 320 g/mol. The standard InChI is InChI=1S/C16H20N2O5/c1-3-7-17-12(9-14(19)22-4-2)15(20)10-5-6-11-13(8-10)23-16(21)18-11/h5-6,8,12,17H,3-4,7,9H2,1-2H3,(H,18,21). The molecule has 7 heteroatoms. The van der Waals surface area contributed by atoms with Crippen LogP contribution in [0.25, 0.3) is 11.1 Å².